The Morgan fingerprint density at radius 3 is 2.91 bits per heavy atom. The van der Waals surface area contributed by atoms with E-state index < -0.39 is 0 Å². The molecule has 116 valence electrons. The second-order valence-corrected chi connectivity index (χ2v) is 5.14. The van der Waals surface area contributed by atoms with Gasteiger partial charge in [-0.25, -0.2) is 4.79 Å². The number of hydrogen-bond acceptors (Lipinski definition) is 4. The minimum atomic E-state index is -0.387. The number of primary amides is 1. The Labute approximate surface area is 128 Å². The molecule has 1 fully saturated rings. The molecule has 1 aliphatic heterocycles. The Morgan fingerprint density at radius 1 is 1.50 bits per heavy atom. The zero-order chi connectivity index (χ0) is 16.1. The molecule has 1 saturated heterocycles. The second-order valence-electron chi connectivity index (χ2n) is 5.14. The lowest BCUT2D eigenvalue weighted by molar-refractivity contribution is -0.123. The van der Waals surface area contributed by atoms with E-state index in [0.29, 0.717) is 36.5 Å². The van der Waals surface area contributed by atoms with E-state index in [4.69, 9.17) is 15.7 Å². The highest BCUT2D eigenvalue weighted by Gasteiger charge is 2.27. The number of carbonyl (C=O) groups excluding carboxylic acids is 2. The van der Waals surface area contributed by atoms with Crippen molar-refractivity contribution in [3.05, 3.63) is 23.8 Å². The topological polar surface area (TPSA) is 108 Å². The van der Waals surface area contributed by atoms with Gasteiger partial charge < -0.3 is 20.7 Å². The highest BCUT2D eigenvalue weighted by atomic mass is 16.5. The molecule has 1 heterocycles. The van der Waals surface area contributed by atoms with E-state index in [9.17, 15) is 9.59 Å². The van der Waals surface area contributed by atoms with Crippen LogP contribution in [-0.2, 0) is 4.79 Å². The third-order valence-electron chi connectivity index (χ3n) is 3.68. The number of hydrogen-bond donors (Lipinski definition) is 2. The van der Waals surface area contributed by atoms with Crippen LogP contribution in [0.2, 0.25) is 0 Å². The van der Waals surface area contributed by atoms with Crippen molar-refractivity contribution in [2.75, 3.05) is 25.5 Å². The van der Waals surface area contributed by atoms with Crippen molar-refractivity contribution in [2.45, 2.75) is 12.8 Å². The van der Waals surface area contributed by atoms with Gasteiger partial charge in [0.15, 0.2) is 0 Å². The lowest BCUT2D eigenvalue weighted by atomic mass is 9.98. The lowest BCUT2D eigenvalue weighted by Gasteiger charge is -2.31. The molecule has 3 N–H and O–H groups in total. The Bertz CT molecular complexity index is 624. The van der Waals surface area contributed by atoms with Gasteiger partial charge >= 0.3 is 6.03 Å². The maximum absolute atomic E-state index is 12.3. The monoisotopic (exact) mass is 302 g/mol. The number of anilines is 1. The Balaban J connectivity index is 2.11. The number of rotatable bonds is 3. The number of ether oxygens (including phenoxy) is 1. The number of nitriles is 1. The number of likely N-dealkylation sites (tertiary alicyclic amines) is 1. The summed E-state index contributed by atoms with van der Waals surface area (Å²) in [6.07, 6.45) is 1.43. The van der Waals surface area contributed by atoms with E-state index in [-0.39, 0.29) is 17.9 Å². The summed E-state index contributed by atoms with van der Waals surface area (Å²) in [5.74, 6) is -0.232. The number of benzene rings is 1. The molecule has 0 aromatic heterocycles. The molecule has 7 heteroatoms. The van der Waals surface area contributed by atoms with Crippen molar-refractivity contribution in [3.8, 4) is 11.8 Å². The molecule has 0 spiro atoms. The highest BCUT2D eigenvalue weighted by molar-refractivity contribution is 5.91. The first-order valence-electron chi connectivity index (χ1n) is 6.98. The van der Waals surface area contributed by atoms with E-state index in [0.717, 1.165) is 6.42 Å². The van der Waals surface area contributed by atoms with Crippen LogP contribution in [0.5, 0.6) is 5.75 Å². The van der Waals surface area contributed by atoms with Crippen molar-refractivity contribution in [2.24, 2.45) is 11.7 Å². The Hall–Kier alpha value is -2.75. The van der Waals surface area contributed by atoms with Crippen molar-refractivity contribution < 1.29 is 14.3 Å². The number of methoxy groups -OCH3 is 1. The highest BCUT2D eigenvalue weighted by Crippen LogP contribution is 2.26. The fourth-order valence-electron chi connectivity index (χ4n) is 2.46. The standard InChI is InChI=1S/C15H18N4O3/c1-22-13-5-4-10(8-16)7-12(13)18-15(21)19-6-2-3-11(9-19)14(17)20/h4-5,7,11H,2-3,6,9H2,1H3,(H2,17,20)(H,18,21)/t11-/m0/s1. The number of nitrogens with two attached hydrogens (primary N) is 1. The lowest BCUT2D eigenvalue weighted by Crippen LogP contribution is -2.45. The van der Waals surface area contributed by atoms with Crippen LogP contribution < -0.4 is 15.8 Å². The molecule has 1 aromatic carbocycles. The van der Waals surface area contributed by atoms with Crippen molar-refractivity contribution >= 4 is 17.6 Å². The fraction of sp³-hybridized carbons (Fsp3) is 0.400. The number of nitrogens with one attached hydrogen (secondary N) is 1. The summed E-state index contributed by atoms with van der Waals surface area (Å²) in [6, 6.07) is 6.46. The summed E-state index contributed by atoms with van der Waals surface area (Å²) >= 11 is 0. The molecule has 0 bridgehead atoms. The zero-order valence-electron chi connectivity index (χ0n) is 12.3. The van der Waals surface area contributed by atoms with Gasteiger partial charge in [-0.15, -0.1) is 0 Å². The number of urea groups is 1. The van der Waals surface area contributed by atoms with E-state index in [1.807, 2.05) is 6.07 Å². The molecule has 0 radical (unpaired) electrons. The van der Waals surface area contributed by atoms with Crippen LogP contribution in [0.3, 0.4) is 0 Å². The SMILES string of the molecule is COc1ccc(C#N)cc1NC(=O)N1CCC[C@H](C(N)=O)C1. The summed E-state index contributed by atoms with van der Waals surface area (Å²) < 4.78 is 5.18. The predicted octanol–water partition coefficient (Wildman–Crippen LogP) is 1.30. The number of carbonyl (C=O) groups is 2. The van der Waals surface area contributed by atoms with Crippen molar-refractivity contribution in [1.29, 1.82) is 5.26 Å². The molecule has 0 saturated carbocycles. The third-order valence-corrected chi connectivity index (χ3v) is 3.68. The second kappa shape index (κ2) is 6.80. The van der Waals surface area contributed by atoms with Gasteiger partial charge in [0, 0.05) is 13.1 Å². The average Bonchev–Trinajstić information content (AvgIpc) is 2.54. The fourth-order valence-corrected chi connectivity index (χ4v) is 2.46. The van der Waals surface area contributed by atoms with Gasteiger partial charge in [0.1, 0.15) is 5.75 Å². The van der Waals surface area contributed by atoms with Gasteiger partial charge in [-0.05, 0) is 31.0 Å². The van der Waals surface area contributed by atoms with Crippen LogP contribution in [0.1, 0.15) is 18.4 Å². The molecular weight excluding hydrogens is 284 g/mol. The van der Waals surface area contributed by atoms with Crippen LogP contribution in [0.25, 0.3) is 0 Å². The van der Waals surface area contributed by atoms with E-state index in [1.54, 1.807) is 23.1 Å². The van der Waals surface area contributed by atoms with Gasteiger partial charge in [0.05, 0.1) is 30.3 Å². The summed E-state index contributed by atoms with van der Waals surface area (Å²) in [7, 11) is 1.49. The molecule has 2 rings (SSSR count). The molecule has 0 aliphatic carbocycles. The van der Waals surface area contributed by atoms with Crippen LogP contribution in [-0.4, -0.2) is 37.0 Å². The summed E-state index contributed by atoms with van der Waals surface area (Å²) in [4.78, 5) is 25.2. The normalized spacial score (nSPS) is 17.5. The van der Waals surface area contributed by atoms with Gasteiger partial charge in [0.25, 0.3) is 0 Å². The number of amides is 3. The summed E-state index contributed by atoms with van der Waals surface area (Å²) in [6.45, 7) is 0.872. The van der Waals surface area contributed by atoms with Crippen molar-refractivity contribution in [3.63, 3.8) is 0 Å². The summed E-state index contributed by atoms with van der Waals surface area (Å²) in [5.41, 5.74) is 6.16. The van der Waals surface area contributed by atoms with Gasteiger partial charge in [-0.2, -0.15) is 5.26 Å². The molecule has 1 aliphatic rings. The smallest absolute Gasteiger partial charge is 0.321 e. The Kier molecular flexibility index (Phi) is 4.84. The number of piperidine rings is 1. The molecule has 22 heavy (non-hydrogen) atoms. The minimum Gasteiger partial charge on any atom is -0.495 e. The zero-order valence-corrected chi connectivity index (χ0v) is 12.3. The van der Waals surface area contributed by atoms with Crippen LogP contribution in [0.15, 0.2) is 18.2 Å². The van der Waals surface area contributed by atoms with Crippen molar-refractivity contribution in [1.82, 2.24) is 4.90 Å². The molecule has 3 amide bonds. The largest absolute Gasteiger partial charge is 0.495 e. The van der Waals surface area contributed by atoms with Gasteiger partial charge in [0.2, 0.25) is 5.91 Å². The van der Waals surface area contributed by atoms with E-state index >= 15 is 0 Å². The van der Waals surface area contributed by atoms with Gasteiger partial charge in [-0.1, -0.05) is 0 Å². The minimum absolute atomic E-state index is 0.307. The first-order valence-corrected chi connectivity index (χ1v) is 6.98. The van der Waals surface area contributed by atoms with Gasteiger partial charge in [-0.3, -0.25) is 4.79 Å². The first-order chi connectivity index (χ1) is 10.5. The van der Waals surface area contributed by atoms with Crippen LogP contribution in [0.4, 0.5) is 10.5 Å². The predicted molar refractivity (Wildman–Crippen MR) is 80.2 cm³/mol. The van der Waals surface area contributed by atoms with Crippen LogP contribution in [0, 0.1) is 17.2 Å². The number of nitrogens with zero attached hydrogens (tertiary/aromatic N) is 2. The maximum atomic E-state index is 12.3. The molecule has 1 atom stereocenters. The molecule has 7 nitrogen and oxygen atoms in total. The quantitative estimate of drug-likeness (QED) is 0.877. The first kappa shape index (κ1) is 15.6. The van der Waals surface area contributed by atoms with E-state index in [2.05, 4.69) is 5.32 Å². The third kappa shape index (κ3) is 3.47. The molecule has 1 aromatic rings. The Morgan fingerprint density at radius 2 is 2.27 bits per heavy atom. The maximum Gasteiger partial charge on any atom is 0.321 e. The van der Waals surface area contributed by atoms with E-state index in [1.165, 1.54) is 7.11 Å². The molecular formula is C15H18N4O3. The molecule has 0 unspecified atom stereocenters. The average molecular weight is 302 g/mol. The van der Waals surface area contributed by atoms with Crippen LogP contribution >= 0.6 is 0 Å². The summed E-state index contributed by atoms with van der Waals surface area (Å²) in [5, 5.41) is 11.7.